The number of methoxy groups -OCH3 is 1. The molecule has 6 nitrogen and oxygen atoms in total. The van der Waals surface area contributed by atoms with Crippen molar-refractivity contribution in [3.8, 4) is 5.75 Å². The van der Waals surface area contributed by atoms with Crippen molar-refractivity contribution in [2.45, 2.75) is 50.2 Å². The molecular formula is C25H31N3O3. The molecule has 1 heterocycles. The maximum atomic E-state index is 13.2. The van der Waals surface area contributed by atoms with Crippen LogP contribution in [0.4, 0.5) is 0 Å². The molecule has 0 aromatic heterocycles. The molecule has 1 saturated heterocycles. The van der Waals surface area contributed by atoms with E-state index in [1.807, 2.05) is 54.6 Å². The van der Waals surface area contributed by atoms with Crippen molar-refractivity contribution in [2.75, 3.05) is 20.2 Å². The minimum atomic E-state index is -0.399. The predicted molar refractivity (Wildman–Crippen MR) is 120 cm³/mol. The zero-order valence-electron chi connectivity index (χ0n) is 18.0. The Morgan fingerprint density at radius 1 is 1.10 bits per heavy atom. The van der Waals surface area contributed by atoms with Crippen molar-refractivity contribution < 1.29 is 14.3 Å². The molecule has 2 aromatic carbocycles. The van der Waals surface area contributed by atoms with E-state index in [9.17, 15) is 9.59 Å². The summed E-state index contributed by atoms with van der Waals surface area (Å²) < 4.78 is 5.27. The highest BCUT2D eigenvalue weighted by atomic mass is 16.5. The molecule has 164 valence electrons. The molecule has 0 unspecified atom stereocenters. The lowest BCUT2D eigenvalue weighted by Gasteiger charge is -2.39. The Labute approximate surface area is 184 Å². The summed E-state index contributed by atoms with van der Waals surface area (Å²) in [6.07, 6.45) is 4.81. The van der Waals surface area contributed by atoms with Gasteiger partial charge in [-0.05, 0) is 36.1 Å². The van der Waals surface area contributed by atoms with Gasteiger partial charge in [-0.15, -0.1) is 0 Å². The van der Waals surface area contributed by atoms with Crippen molar-refractivity contribution in [3.63, 3.8) is 0 Å². The summed E-state index contributed by atoms with van der Waals surface area (Å²) in [5, 5.41) is 6.13. The predicted octanol–water partition coefficient (Wildman–Crippen LogP) is 3.03. The third-order valence-electron chi connectivity index (χ3n) is 6.43. The zero-order valence-corrected chi connectivity index (χ0v) is 18.0. The molecule has 2 aliphatic rings. The summed E-state index contributed by atoms with van der Waals surface area (Å²) in [7, 11) is 1.64. The first-order chi connectivity index (χ1) is 15.2. The normalized spacial score (nSPS) is 20.8. The van der Waals surface area contributed by atoms with E-state index in [1.54, 1.807) is 7.11 Å². The van der Waals surface area contributed by atoms with Crippen LogP contribution in [0.1, 0.15) is 49.3 Å². The number of benzene rings is 2. The largest absolute Gasteiger partial charge is 0.497 e. The van der Waals surface area contributed by atoms with Crippen LogP contribution >= 0.6 is 0 Å². The fourth-order valence-electron chi connectivity index (χ4n) is 4.81. The average Bonchev–Trinajstić information content (AvgIpc) is 3.34. The number of carbonyl (C=O) groups is 2. The van der Waals surface area contributed by atoms with E-state index in [-0.39, 0.29) is 24.3 Å². The van der Waals surface area contributed by atoms with Crippen LogP contribution in [0.2, 0.25) is 0 Å². The number of nitrogens with zero attached hydrogens (tertiary/aromatic N) is 1. The van der Waals surface area contributed by atoms with E-state index in [0.29, 0.717) is 12.6 Å². The highest BCUT2D eigenvalue weighted by molar-refractivity contribution is 5.89. The number of rotatable bonds is 7. The number of hydrogen-bond donors (Lipinski definition) is 2. The molecule has 4 rings (SSSR count). The van der Waals surface area contributed by atoms with Crippen LogP contribution in [0.5, 0.6) is 5.75 Å². The van der Waals surface area contributed by atoms with Gasteiger partial charge < -0.3 is 15.4 Å². The molecule has 2 aromatic rings. The Kier molecular flexibility index (Phi) is 6.87. The molecule has 2 amide bonds. The highest BCUT2D eigenvalue weighted by Crippen LogP contribution is 2.28. The molecular weight excluding hydrogens is 390 g/mol. The Bertz CT molecular complexity index is 879. The maximum absolute atomic E-state index is 13.2. The van der Waals surface area contributed by atoms with Crippen molar-refractivity contribution >= 4 is 11.8 Å². The highest BCUT2D eigenvalue weighted by Gasteiger charge is 2.37. The van der Waals surface area contributed by atoms with Gasteiger partial charge in [0.1, 0.15) is 5.75 Å². The Balaban J connectivity index is 1.51. The Morgan fingerprint density at radius 2 is 1.77 bits per heavy atom. The summed E-state index contributed by atoms with van der Waals surface area (Å²) in [5.74, 6) is 0.622. The third kappa shape index (κ3) is 5.07. The molecule has 31 heavy (non-hydrogen) atoms. The lowest BCUT2D eigenvalue weighted by molar-refractivity contribution is -0.135. The van der Waals surface area contributed by atoms with Gasteiger partial charge in [-0.25, -0.2) is 0 Å². The fourth-order valence-corrected chi connectivity index (χ4v) is 4.81. The second-order valence-corrected chi connectivity index (χ2v) is 8.37. The Hall–Kier alpha value is -2.86. The molecule has 0 radical (unpaired) electrons. The number of amides is 2. The minimum Gasteiger partial charge on any atom is -0.497 e. The molecule has 0 bridgehead atoms. The van der Waals surface area contributed by atoms with Crippen LogP contribution in [0.3, 0.4) is 0 Å². The molecule has 2 N–H and O–H groups in total. The van der Waals surface area contributed by atoms with Gasteiger partial charge in [0, 0.05) is 19.1 Å². The number of ether oxygens (including phenoxy) is 1. The van der Waals surface area contributed by atoms with E-state index in [4.69, 9.17) is 4.74 Å². The van der Waals surface area contributed by atoms with E-state index in [2.05, 4.69) is 15.5 Å². The molecule has 6 heteroatoms. The number of carbonyl (C=O) groups excluding carboxylic acids is 2. The second-order valence-electron chi connectivity index (χ2n) is 8.37. The first-order valence-corrected chi connectivity index (χ1v) is 11.2. The summed E-state index contributed by atoms with van der Waals surface area (Å²) in [6.45, 7) is 1.47. The van der Waals surface area contributed by atoms with Gasteiger partial charge in [0.15, 0.2) is 0 Å². The summed E-state index contributed by atoms with van der Waals surface area (Å²) in [5.41, 5.74) is 1.97. The number of hydrogen-bond acceptors (Lipinski definition) is 4. The lowest BCUT2D eigenvalue weighted by Crippen LogP contribution is -2.59. The van der Waals surface area contributed by atoms with Crippen molar-refractivity contribution in [3.05, 3.63) is 65.7 Å². The second kappa shape index (κ2) is 9.96. The molecule has 0 spiro atoms. The quantitative estimate of drug-likeness (QED) is 0.721. The first kappa shape index (κ1) is 21.4. The molecule has 2 atom stereocenters. The topological polar surface area (TPSA) is 70.7 Å². The van der Waals surface area contributed by atoms with E-state index < -0.39 is 6.04 Å². The van der Waals surface area contributed by atoms with E-state index in [1.165, 1.54) is 12.8 Å². The van der Waals surface area contributed by atoms with Gasteiger partial charge in [-0.1, -0.05) is 55.3 Å². The summed E-state index contributed by atoms with van der Waals surface area (Å²) in [6, 6.07) is 17.4. The minimum absolute atomic E-state index is 0.0333. The van der Waals surface area contributed by atoms with Crippen LogP contribution in [-0.2, 0) is 9.59 Å². The van der Waals surface area contributed by atoms with E-state index >= 15 is 0 Å². The van der Waals surface area contributed by atoms with Gasteiger partial charge in [0.2, 0.25) is 11.8 Å². The molecule has 1 saturated carbocycles. The summed E-state index contributed by atoms with van der Waals surface area (Å²) in [4.78, 5) is 28.1. The van der Waals surface area contributed by atoms with Crippen LogP contribution in [0, 0.1) is 0 Å². The monoisotopic (exact) mass is 421 g/mol. The van der Waals surface area contributed by atoms with Crippen molar-refractivity contribution in [1.29, 1.82) is 0 Å². The molecule has 1 aliphatic carbocycles. The SMILES string of the molecule is COc1ccc([C@H](NC(=O)C[C@@H]2C(=O)NCCN2C2CCCC2)c2ccccc2)cc1. The average molecular weight is 422 g/mol. The van der Waals surface area contributed by atoms with Crippen LogP contribution in [0.25, 0.3) is 0 Å². The number of nitrogens with one attached hydrogen (secondary N) is 2. The fraction of sp³-hybridized carbons (Fsp3) is 0.440. The maximum Gasteiger partial charge on any atom is 0.237 e. The van der Waals surface area contributed by atoms with Gasteiger partial charge in [-0.3, -0.25) is 14.5 Å². The standard InChI is InChI=1S/C25H31N3O3/c1-31-21-13-11-19(12-14-21)24(18-7-3-2-4-8-18)27-23(29)17-22-25(30)26-15-16-28(22)20-9-5-6-10-20/h2-4,7-8,11-14,20,22,24H,5-6,9-10,15-17H2,1H3,(H,26,30)(H,27,29)/t22-,24-/m1/s1. The van der Waals surface area contributed by atoms with Gasteiger partial charge in [-0.2, -0.15) is 0 Å². The van der Waals surface area contributed by atoms with Gasteiger partial charge in [0.25, 0.3) is 0 Å². The van der Waals surface area contributed by atoms with Gasteiger partial charge in [0.05, 0.1) is 25.6 Å². The molecule has 2 fully saturated rings. The number of piperazine rings is 1. The van der Waals surface area contributed by atoms with Crippen LogP contribution in [0.15, 0.2) is 54.6 Å². The summed E-state index contributed by atoms with van der Waals surface area (Å²) >= 11 is 0. The van der Waals surface area contributed by atoms with Crippen LogP contribution in [-0.4, -0.2) is 49.0 Å². The van der Waals surface area contributed by atoms with E-state index in [0.717, 1.165) is 36.3 Å². The smallest absolute Gasteiger partial charge is 0.237 e. The molecule has 1 aliphatic heterocycles. The van der Waals surface area contributed by atoms with Crippen molar-refractivity contribution in [2.24, 2.45) is 0 Å². The zero-order chi connectivity index (χ0) is 21.6. The van der Waals surface area contributed by atoms with Crippen molar-refractivity contribution in [1.82, 2.24) is 15.5 Å². The Morgan fingerprint density at radius 3 is 2.45 bits per heavy atom. The lowest BCUT2D eigenvalue weighted by atomic mass is 9.97. The third-order valence-corrected chi connectivity index (χ3v) is 6.43. The van der Waals surface area contributed by atoms with Crippen LogP contribution < -0.4 is 15.4 Å². The first-order valence-electron chi connectivity index (χ1n) is 11.2. The van der Waals surface area contributed by atoms with Gasteiger partial charge >= 0.3 is 0 Å².